The summed E-state index contributed by atoms with van der Waals surface area (Å²) < 4.78 is 1.87. The van der Waals surface area contributed by atoms with Gasteiger partial charge in [0.25, 0.3) is 0 Å². The molecule has 3 nitrogen and oxygen atoms in total. The SMILES string of the molecule is Cc1ccccc1CC(O)c1cnn(C(C)C)c1. The molecule has 1 unspecified atom stereocenters. The van der Waals surface area contributed by atoms with Crippen LogP contribution in [0.3, 0.4) is 0 Å². The second-order valence-electron chi connectivity index (χ2n) is 4.99. The largest absolute Gasteiger partial charge is 0.388 e. The summed E-state index contributed by atoms with van der Waals surface area (Å²) in [5.41, 5.74) is 3.28. The van der Waals surface area contributed by atoms with Gasteiger partial charge in [-0.25, -0.2) is 0 Å². The van der Waals surface area contributed by atoms with E-state index in [1.807, 2.05) is 23.0 Å². The Morgan fingerprint density at radius 1 is 1.28 bits per heavy atom. The highest BCUT2D eigenvalue weighted by Gasteiger charge is 2.12. The molecule has 3 heteroatoms. The molecule has 1 aromatic carbocycles. The van der Waals surface area contributed by atoms with Gasteiger partial charge in [0.15, 0.2) is 0 Å². The zero-order valence-electron chi connectivity index (χ0n) is 11.2. The summed E-state index contributed by atoms with van der Waals surface area (Å²) in [5, 5.41) is 14.5. The smallest absolute Gasteiger partial charge is 0.0860 e. The number of aromatic nitrogens is 2. The molecule has 0 aliphatic rings. The van der Waals surface area contributed by atoms with E-state index >= 15 is 0 Å². The van der Waals surface area contributed by atoms with Crippen LogP contribution in [-0.2, 0) is 6.42 Å². The van der Waals surface area contributed by atoms with Crippen LogP contribution in [0.25, 0.3) is 0 Å². The minimum absolute atomic E-state index is 0.324. The molecule has 18 heavy (non-hydrogen) atoms. The van der Waals surface area contributed by atoms with Crippen LogP contribution in [0.15, 0.2) is 36.7 Å². The molecule has 1 N–H and O–H groups in total. The summed E-state index contributed by atoms with van der Waals surface area (Å²) in [5.74, 6) is 0. The molecule has 0 spiro atoms. The molecule has 1 aromatic heterocycles. The van der Waals surface area contributed by atoms with Gasteiger partial charge in [0.05, 0.1) is 12.3 Å². The van der Waals surface area contributed by atoms with Gasteiger partial charge >= 0.3 is 0 Å². The fourth-order valence-electron chi connectivity index (χ4n) is 1.97. The van der Waals surface area contributed by atoms with Crippen LogP contribution >= 0.6 is 0 Å². The van der Waals surface area contributed by atoms with Gasteiger partial charge in [-0.15, -0.1) is 0 Å². The van der Waals surface area contributed by atoms with E-state index in [1.165, 1.54) is 11.1 Å². The molecule has 0 fully saturated rings. The first-order chi connectivity index (χ1) is 8.58. The summed E-state index contributed by atoms with van der Waals surface area (Å²) >= 11 is 0. The van der Waals surface area contributed by atoms with Crippen molar-refractivity contribution in [3.63, 3.8) is 0 Å². The fraction of sp³-hybridized carbons (Fsp3) is 0.400. The Hall–Kier alpha value is -1.61. The lowest BCUT2D eigenvalue weighted by Gasteiger charge is -2.11. The number of rotatable bonds is 4. The lowest BCUT2D eigenvalue weighted by atomic mass is 10.00. The zero-order valence-corrected chi connectivity index (χ0v) is 11.2. The zero-order chi connectivity index (χ0) is 13.1. The Kier molecular flexibility index (Phi) is 3.82. The number of aliphatic hydroxyl groups is 1. The summed E-state index contributed by atoms with van der Waals surface area (Å²) in [6.45, 7) is 6.22. The van der Waals surface area contributed by atoms with Gasteiger partial charge in [-0.2, -0.15) is 5.10 Å². The van der Waals surface area contributed by atoms with Crippen molar-refractivity contribution < 1.29 is 5.11 Å². The standard InChI is InChI=1S/C15H20N2O/c1-11(2)17-10-14(9-16-17)15(18)8-13-7-5-4-6-12(13)3/h4-7,9-11,15,18H,8H2,1-3H3. The van der Waals surface area contributed by atoms with Crippen molar-refractivity contribution >= 4 is 0 Å². The number of hydrogen-bond acceptors (Lipinski definition) is 2. The normalized spacial score (nSPS) is 12.9. The Labute approximate surface area is 108 Å². The highest BCUT2D eigenvalue weighted by molar-refractivity contribution is 5.27. The number of nitrogens with zero attached hydrogens (tertiary/aromatic N) is 2. The average molecular weight is 244 g/mol. The van der Waals surface area contributed by atoms with Gasteiger partial charge < -0.3 is 5.11 Å². The molecule has 0 saturated heterocycles. The second kappa shape index (κ2) is 5.36. The number of hydrogen-bond donors (Lipinski definition) is 1. The Bertz CT molecular complexity index is 517. The first-order valence-corrected chi connectivity index (χ1v) is 6.34. The monoisotopic (exact) mass is 244 g/mol. The van der Waals surface area contributed by atoms with E-state index in [1.54, 1.807) is 6.20 Å². The highest BCUT2D eigenvalue weighted by atomic mass is 16.3. The molecule has 1 heterocycles. The minimum atomic E-state index is -0.487. The maximum Gasteiger partial charge on any atom is 0.0860 e. The second-order valence-corrected chi connectivity index (χ2v) is 4.99. The summed E-state index contributed by atoms with van der Waals surface area (Å²) in [7, 11) is 0. The third kappa shape index (κ3) is 2.79. The first-order valence-electron chi connectivity index (χ1n) is 6.34. The summed E-state index contributed by atoms with van der Waals surface area (Å²) in [6.07, 6.45) is 3.83. The molecule has 0 amide bonds. The predicted octanol–water partition coefficient (Wildman–Crippen LogP) is 3.05. The summed E-state index contributed by atoms with van der Waals surface area (Å²) in [4.78, 5) is 0. The topological polar surface area (TPSA) is 38.1 Å². The van der Waals surface area contributed by atoms with Crippen LogP contribution in [0.5, 0.6) is 0 Å². The molecule has 96 valence electrons. The van der Waals surface area contributed by atoms with Gasteiger partial charge in [-0.05, 0) is 31.9 Å². The number of aryl methyl sites for hydroxylation is 1. The molecular formula is C15H20N2O. The van der Waals surface area contributed by atoms with E-state index in [9.17, 15) is 5.11 Å². The molecule has 0 bridgehead atoms. The molecule has 0 aliphatic heterocycles. The van der Waals surface area contributed by atoms with E-state index in [-0.39, 0.29) is 0 Å². The van der Waals surface area contributed by atoms with Crippen molar-refractivity contribution in [3.05, 3.63) is 53.3 Å². The molecular weight excluding hydrogens is 224 g/mol. The van der Waals surface area contributed by atoms with Crippen LogP contribution in [0, 0.1) is 6.92 Å². The van der Waals surface area contributed by atoms with Crippen LogP contribution in [-0.4, -0.2) is 14.9 Å². The maximum atomic E-state index is 10.2. The lowest BCUT2D eigenvalue weighted by molar-refractivity contribution is 0.178. The molecule has 1 atom stereocenters. The van der Waals surface area contributed by atoms with Crippen molar-refractivity contribution in [1.29, 1.82) is 0 Å². The predicted molar refractivity (Wildman–Crippen MR) is 72.5 cm³/mol. The van der Waals surface area contributed by atoms with Crippen LogP contribution in [0.1, 0.15) is 42.7 Å². The van der Waals surface area contributed by atoms with E-state index in [0.717, 1.165) is 5.56 Å². The number of aliphatic hydroxyl groups excluding tert-OH is 1. The van der Waals surface area contributed by atoms with E-state index in [4.69, 9.17) is 0 Å². The van der Waals surface area contributed by atoms with Crippen molar-refractivity contribution in [2.24, 2.45) is 0 Å². The third-order valence-electron chi connectivity index (χ3n) is 3.21. The van der Waals surface area contributed by atoms with Crippen LogP contribution in [0.4, 0.5) is 0 Å². The molecule has 0 radical (unpaired) electrons. The van der Waals surface area contributed by atoms with Gasteiger partial charge in [0.2, 0.25) is 0 Å². The van der Waals surface area contributed by atoms with Crippen molar-refractivity contribution in [2.45, 2.75) is 39.3 Å². The van der Waals surface area contributed by atoms with Gasteiger partial charge in [-0.1, -0.05) is 24.3 Å². The number of benzene rings is 1. The van der Waals surface area contributed by atoms with Crippen molar-refractivity contribution in [1.82, 2.24) is 9.78 Å². The Balaban J connectivity index is 2.12. The first kappa shape index (κ1) is 12.8. The van der Waals surface area contributed by atoms with Gasteiger partial charge in [-0.3, -0.25) is 4.68 Å². The lowest BCUT2D eigenvalue weighted by Crippen LogP contribution is -2.03. The van der Waals surface area contributed by atoms with E-state index in [2.05, 4.69) is 38.0 Å². The average Bonchev–Trinajstić information content (AvgIpc) is 2.81. The maximum absolute atomic E-state index is 10.2. The quantitative estimate of drug-likeness (QED) is 0.897. The third-order valence-corrected chi connectivity index (χ3v) is 3.21. The van der Waals surface area contributed by atoms with Crippen LogP contribution in [0.2, 0.25) is 0 Å². The Morgan fingerprint density at radius 3 is 2.61 bits per heavy atom. The Morgan fingerprint density at radius 2 is 2.00 bits per heavy atom. The van der Waals surface area contributed by atoms with Gasteiger partial charge in [0, 0.05) is 24.2 Å². The highest BCUT2D eigenvalue weighted by Crippen LogP contribution is 2.20. The molecule has 0 aliphatic carbocycles. The van der Waals surface area contributed by atoms with Crippen molar-refractivity contribution in [3.8, 4) is 0 Å². The van der Waals surface area contributed by atoms with Gasteiger partial charge in [0.1, 0.15) is 0 Å². The van der Waals surface area contributed by atoms with Crippen LogP contribution < -0.4 is 0 Å². The summed E-state index contributed by atoms with van der Waals surface area (Å²) in [6, 6.07) is 8.48. The molecule has 0 saturated carbocycles. The van der Waals surface area contributed by atoms with E-state index < -0.39 is 6.10 Å². The molecule has 2 rings (SSSR count). The van der Waals surface area contributed by atoms with E-state index in [0.29, 0.717) is 12.5 Å². The van der Waals surface area contributed by atoms with Crippen molar-refractivity contribution in [2.75, 3.05) is 0 Å². The fourth-order valence-corrected chi connectivity index (χ4v) is 1.97. The molecule has 2 aromatic rings. The minimum Gasteiger partial charge on any atom is -0.388 e.